The first-order chi connectivity index (χ1) is 12.0. The number of aryl methyl sites for hydroxylation is 1. The average Bonchev–Trinajstić information content (AvgIpc) is 2.97. The SMILES string of the molecule is Cc1ccc(CN2CC(C(=O)N3CCCCC3C(=O)O)CC2=O)cc1. The molecule has 25 heavy (non-hydrogen) atoms. The third-order valence-corrected chi connectivity index (χ3v) is 5.13. The number of hydrogen-bond donors (Lipinski definition) is 1. The van der Waals surface area contributed by atoms with Crippen molar-refractivity contribution in [1.29, 1.82) is 0 Å². The number of carbonyl (C=O) groups excluding carboxylic acids is 2. The average molecular weight is 344 g/mol. The van der Waals surface area contributed by atoms with Crippen LogP contribution in [0, 0.1) is 12.8 Å². The van der Waals surface area contributed by atoms with Gasteiger partial charge in [-0.05, 0) is 31.7 Å². The lowest BCUT2D eigenvalue weighted by Gasteiger charge is -2.34. The summed E-state index contributed by atoms with van der Waals surface area (Å²) in [5.74, 6) is -1.61. The first-order valence-electron chi connectivity index (χ1n) is 8.82. The zero-order valence-corrected chi connectivity index (χ0v) is 14.5. The van der Waals surface area contributed by atoms with E-state index in [1.165, 1.54) is 4.90 Å². The van der Waals surface area contributed by atoms with Gasteiger partial charge in [0.2, 0.25) is 11.8 Å². The quantitative estimate of drug-likeness (QED) is 0.904. The summed E-state index contributed by atoms with van der Waals surface area (Å²) in [5.41, 5.74) is 2.20. The fourth-order valence-corrected chi connectivity index (χ4v) is 3.69. The fourth-order valence-electron chi connectivity index (χ4n) is 3.69. The molecule has 0 aliphatic carbocycles. The number of carbonyl (C=O) groups is 3. The van der Waals surface area contributed by atoms with Gasteiger partial charge in [0.05, 0.1) is 5.92 Å². The molecule has 2 atom stereocenters. The largest absolute Gasteiger partial charge is 0.480 e. The van der Waals surface area contributed by atoms with Crippen molar-refractivity contribution in [3.63, 3.8) is 0 Å². The zero-order chi connectivity index (χ0) is 18.0. The summed E-state index contributed by atoms with van der Waals surface area (Å²) >= 11 is 0. The van der Waals surface area contributed by atoms with Crippen molar-refractivity contribution in [2.45, 2.75) is 45.2 Å². The minimum Gasteiger partial charge on any atom is -0.480 e. The number of amides is 2. The van der Waals surface area contributed by atoms with Gasteiger partial charge in [0.25, 0.3) is 0 Å². The van der Waals surface area contributed by atoms with Crippen LogP contribution in [-0.2, 0) is 20.9 Å². The van der Waals surface area contributed by atoms with E-state index in [1.807, 2.05) is 31.2 Å². The molecule has 1 N–H and O–H groups in total. The van der Waals surface area contributed by atoms with E-state index in [0.29, 0.717) is 26.1 Å². The maximum atomic E-state index is 12.8. The first-order valence-corrected chi connectivity index (χ1v) is 8.82. The van der Waals surface area contributed by atoms with E-state index in [-0.39, 0.29) is 18.2 Å². The summed E-state index contributed by atoms with van der Waals surface area (Å²) in [6, 6.07) is 7.24. The van der Waals surface area contributed by atoms with Gasteiger partial charge >= 0.3 is 5.97 Å². The van der Waals surface area contributed by atoms with E-state index in [0.717, 1.165) is 24.0 Å². The first kappa shape index (κ1) is 17.5. The van der Waals surface area contributed by atoms with Gasteiger partial charge in [-0.3, -0.25) is 9.59 Å². The van der Waals surface area contributed by atoms with Gasteiger partial charge < -0.3 is 14.9 Å². The Kier molecular flexibility index (Phi) is 5.06. The molecule has 0 bridgehead atoms. The molecule has 2 heterocycles. The second-order valence-corrected chi connectivity index (χ2v) is 7.04. The highest BCUT2D eigenvalue weighted by Crippen LogP contribution is 2.26. The predicted molar refractivity (Wildman–Crippen MR) is 91.7 cm³/mol. The van der Waals surface area contributed by atoms with E-state index >= 15 is 0 Å². The van der Waals surface area contributed by atoms with Crippen LogP contribution in [0.2, 0.25) is 0 Å². The summed E-state index contributed by atoms with van der Waals surface area (Å²) in [4.78, 5) is 39.7. The number of hydrogen-bond acceptors (Lipinski definition) is 3. The van der Waals surface area contributed by atoms with Gasteiger partial charge in [-0.2, -0.15) is 0 Å². The highest BCUT2D eigenvalue weighted by Gasteiger charge is 2.40. The Labute approximate surface area is 147 Å². The highest BCUT2D eigenvalue weighted by molar-refractivity contribution is 5.91. The molecule has 2 aliphatic rings. The number of likely N-dealkylation sites (tertiary alicyclic amines) is 2. The smallest absolute Gasteiger partial charge is 0.326 e. The Morgan fingerprint density at radius 1 is 1.20 bits per heavy atom. The number of aliphatic carboxylic acids is 1. The molecule has 6 nitrogen and oxygen atoms in total. The highest BCUT2D eigenvalue weighted by atomic mass is 16.4. The summed E-state index contributed by atoms with van der Waals surface area (Å²) in [5, 5.41) is 9.35. The molecule has 2 unspecified atom stereocenters. The van der Waals surface area contributed by atoms with Crippen molar-refractivity contribution >= 4 is 17.8 Å². The van der Waals surface area contributed by atoms with Crippen molar-refractivity contribution in [1.82, 2.24) is 9.80 Å². The molecule has 3 rings (SSSR count). The lowest BCUT2D eigenvalue weighted by Crippen LogP contribution is -2.50. The normalized spacial score (nSPS) is 23.8. The molecule has 2 fully saturated rings. The molecule has 0 radical (unpaired) electrons. The Morgan fingerprint density at radius 2 is 1.92 bits per heavy atom. The molecular formula is C19H24N2O4. The van der Waals surface area contributed by atoms with Crippen molar-refractivity contribution in [3.8, 4) is 0 Å². The number of rotatable bonds is 4. The van der Waals surface area contributed by atoms with Crippen LogP contribution in [0.15, 0.2) is 24.3 Å². The lowest BCUT2D eigenvalue weighted by atomic mass is 9.98. The van der Waals surface area contributed by atoms with E-state index in [2.05, 4.69) is 0 Å². The van der Waals surface area contributed by atoms with E-state index in [4.69, 9.17) is 0 Å². The van der Waals surface area contributed by atoms with Crippen molar-refractivity contribution in [2.75, 3.05) is 13.1 Å². The zero-order valence-electron chi connectivity index (χ0n) is 14.5. The van der Waals surface area contributed by atoms with Crippen LogP contribution in [0.25, 0.3) is 0 Å². The van der Waals surface area contributed by atoms with Gasteiger partial charge in [-0.15, -0.1) is 0 Å². The molecule has 134 valence electrons. The lowest BCUT2D eigenvalue weighted by molar-refractivity contribution is -0.153. The molecule has 0 aromatic heterocycles. The molecular weight excluding hydrogens is 320 g/mol. The molecule has 2 saturated heterocycles. The number of carboxylic acids is 1. The Balaban J connectivity index is 1.65. The minimum absolute atomic E-state index is 0.0391. The van der Waals surface area contributed by atoms with Crippen LogP contribution >= 0.6 is 0 Å². The van der Waals surface area contributed by atoms with Crippen LogP contribution < -0.4 is 0 Å². The summed E-state index contributed by atoms with van der Waals surface area (Å²) in [6.45, 7) is 3.34. The van der Waals surface area contributed by atoms with Crippen LogP contribution in [-0.4, -0.2) is 51.8 Å². The van der Waals surface area contributed by atoms with Crippen LogP contribution in [0.1, 0.15) is 36.8 Å². The molecule has 2 aliphatic heterocycles. The fraction of sp³-hybridized carbons (Fsp3) is 0.526. The number of piperidine rings is 1. The molecule has 0 saturated carbocycles. The van der Waals surface area contributed by atoms with E-state index < -0.39 is 17.9 Å². The number of carboxylic acid groups (broad SMARTS) is 1. The van der Waals surface area contributed by atoms with Gasteiger partial charge in [0.1, 0.15) is 6.04 Å². The Hall–Kier alpha value is -2.37. The molecule has 2 amide bonds. The Bertz CT molecular complexity index is 671. The maximum absolute atomic E-state index is 12.8. The summed E-state index contributed by atoms with van der Waals surface area (Å²) < 4.78 is 0. The minimum atomic E-state index is -0.950. The van der Waals surface area contributed by atoms with Crippen LogP contribution in [0.5, 0.6) is 0 Å². The number of benzene rings is 1. The van der Waals surface area contributed by atoms with Gasteiger partial charge in [-0.25, -0.2) is 4.79 Å². The maximum Gasteiger partial charge on any atom is 0.326 e. The van der Waals surface area contributed by atoms with Crippen molar-refractivity contribution in [2.24, 2.45) is 5.92 Å². The third kappa shape index (κ3) is 3.83. The van der Waals surface area contributed by atoms with E-state index in [9.17, 15) is 19.5 Å². The summed E-state index contributed by atoms with van der Waals surface area (Å²) in [6.07, 6.45) is 2.31. The number of nitrogens with zero attached hydrogens (tertiary/aromatic N) is 2. The standard InChI is InChI=1S/C19H24N2O4/c1-13-5-7-14(8-6-13)11-20-12-15(10-17(20)22)18(23)21-9-3-2-4-16(21)19(24)25/h5-8,15-16H,2-4,9-12H2,1H3,(H,24,25). The van der Waals surface area contributed by atoms with Crippen LogP contribution in [0.4, 0.5) is 0 Å². The molecule has 0 spiro atoms. The molecule has 1 aromatic rings. The van der Waals surface area contributed by atoms with Gasteiger partial charge in [-0.1, -0.05) is 29.8 Å². The molecule has 1 aromatic carbocycles. The predicted octanol–water partition coefficient (Wildman–Crippen LogP) is 1.81. The van der Waals surface area contributed by atoms with Crippen molar-refractivity contribution < 1.29 is 19.5 Å². The Morgan fingerprint density at radius 3 is 2.60 bits per heavy atom. The van der Waals surface area contributed by atoms with Gasteiger partial charge in [0.15, 0.2) is 0 Å². The van der Waals surface area contributed by atoms with Crippen LogP contribution in [0.3, 0.4) is 0 Å². The second kappa shape index (κ2) is 7.25. The monoisotopic (exact) mass is 344 g/mol. The summed E-state index contributed by atoms with van der Waals surface area (Å²) in [7, 11) is 0. The van der Waals surface area contributed by atoms with Crippen molar-refractivity contribution in [3.05, 3.63) is 35.4 Å². The second-order valence-electron chi connectivity index (χ2n) is 7.04. The molecule has 6 heteroatoms. The third-order valence-electron chi connectivity index (χ3n) is 5.13. The topological polar surface area (TPSA) is 77.9 Å². The van der Waals surface area contributed by atoms with E-state index in [1.54, 1.807) is 4.90 Å². The van der Waals surface area contributed by atoms with Gasteiger partial charge in [0, 0.05) is 26.1 Å².